The fourth-order valence-corrected chi connectivity index (χ4v) is 6.10. The number of carbonyl (C=O) groups is 1. The lowest BCUT2D eigenvalue weighted by Crippen LogP contribution is -2.25. The largest absolute Gasteiger partial charge is 0.355 e. The monoisotopic (exact) mass is 355 g/mol. The Kier molecular flexibility index (Phi) is 8.63. The number of rotatable bonds is 9. The van der Waals surface area contributed by atoms with Crippen molar-refractivity contribution in [2.24, 2.45) is 0 Å². The van der Waals surface area contributed by atoms with Crippen LogP contribution in [0.2, 0.25) is 0 Å². The van der Waals surface area contributed by atoms with Crippen molar-refractivity contribution in [3.05, 3.63) is 29.8 Å². The summed E-state index contributed by atoms with van der Waals surface area (Å²) in [4.78, 5) is 13.0. The smallest absolute Gasteiger partial charge is 0.220 e. The molecule has 0 aromatic heterocycles. The van der Waals surface area contributed by atoms with Gasteiger partial charge in [0.2, 0.25) is 5.91 Å². The number of aryl methyl sites for hydroxylation is 1. The molecule has 122 valence electrons. The van der Waals surface area contributed by atoms with Crippen molar-refractivity contribution in [2.45, 2.75) is 49.2 Å². The Morgan fingerprint density at radius 1 is 1.32 bits per heavy atom. The van der Waals surface area contributed by atoms with Crippen molar-refractivity contribution in [3.8, 4) is 0 Å². The Balaban J connectivity index is 1.46. The molecule has 1 N–H and O–H groups in total. The van der Waals surface area contributed by atoms with Gasteiger partial charge in [-0.2, -0.15) is 0 Å². The number of hydrogen-bond acceptors (Lipinski definition) is 4. The highest BCUT2D eigenvalue weighted by Gasteiger charge is 2.15. The van der Waals surface area contributed by atoms with Crippen molar-refractivity contribution in [1.82, 2.24) is 5.32 Å². The zero-order valence-corrected chi connectivity index (χ0v) is 15.6. The first kappa shape index (κ1) is 18.1. The molecule has 1 aromatic rings. The van der Waals surface area contributed by atoms with E-state index in [-0.39, 0.29) is 5.91 Å². The predicted octanol–water partition coefficient (Wildman–Crippen LogP) is 4.92. The highest BCUT2D eigenvalue weighted by atomic mass is 33.1. The number of hydrogen-bond donors (Lipinski definition) is 1. The molecule has 2 nitrogen and oxygen atoms in total. The number of benzene rings is 1. The quantitative estimate of drug-likeness (QED) is 0.387. The number of nitrogens with one attached hydrogen (secondary N) is 1. The summed E-state index contributed by atoms with van der Waals surface area (Å²) in [5.74, 6) is 2.44. The van der Waals surface area contributed by atoms with Gasteiger partial charge < -0.3 is 5.32 Å². The van der Waals surface area contributed by atoms with Crippen LogP contribution in [0.3, 0.4) is 0 Å². The molecule has 0 spiro atoms. The van der Waals surface area contributed by atoms with Crippen molar-refractivity contribution in [1.29, 1.82) is 0 Å². The van der Waals surface area contributed by atoms with Gasteiger partial charge in [-0.15, -0.1) is 11.8 Å². The van der Waals surface area contributed by atoms with Gasteiger partial charge in [-0.3, -0.25) is 4.79 Å². The average Bonchev–Trinajstić information content (AvgIpc) is 3.03. The molecule has 1 aliphatic heterocycles. The molecule has 1 atom stereocenters. The lowest BCUT2D eigenvalue weighted by atomic mass is 10.1. The first-order valence-corrected chi connectivity index (χ1v) is 11.4. The molecule has 22 heavy (non-hydrogen) atoms. The van der Waals surface area contributed by atoms with E-state index in [1.165, 1.54) is 35.5 Å². The zero-order chi connectivity index (χ0) is 15.6. The summed E-state index contributed by atoms with van der Waals surface area (Å²) < 4.78 is 0. The molecular formula is C17H25NOS3. The van der Waals surface area contributed by atoms with Crippen LogP contribution in [-0.2, 0) is 4.79 Å². The Morgan fingerprint density at radius 2 is 2.14 bits per heavy atom. The molecule has 0 aliphatic carbocycles. The zero-order valence-electron chi connectivity index (χ0n) is 13.2. The van der Waals surface area contributed by atoms with Crippen LogP contribution in [0.1, 0.15) is 37.7 Å². The van der Waals surface area contributed by atoms with E-state index in [1.54, 1.807) is 11.8 Å². The normalized spacial score (nSPS) is 17.6. The molecule has 1 saturated heterocycles. The van der Waals surface area contributed by atoms with Crippen molar-refractivity contribution in [2.75, 3.05) is 18.1 Å². The summed E-state index contributed by atoms with van der Waals surface area (Å²) in [5, 5.41) is 3.86. The van der Waals surface area contributed by atoms with Gasteiger partial charge in [0.1, 0.15) is 0 Å². The van der Waals surface area contributed by atoms with E-state index in [2.05, 4.69) is 36.5 Å². The Morgan fingerprint density at radius 3 is 2.86 bits per heavy atom. The number of amides is 1. The second-order valence-electron chi connectivity index (χ2n) is 5.59. The highest BCUT2D eigenvalue weighted by molar-refractivity contribution is 8.77. The second kappa shape index (κ2) is 10.5. The SMILES string of the molecule is Cc1ccc(SCCNC(=O)CCCCC2CCSS2)cc1. The molecule has 1 fully saturated rings. The summed E-state index contributed by atoms with van der Waals surface area (Å²) in [7, 11) is 4.02. The molecule has 0 radical (unpaired) electrons. The average molecular weight is 356 g/mol. The van der Waals surface area contributed by atoms with Crippen molar-refractivity contribution >= 4 is 39.3 Å². The van der Waals surface area contributed by atoms with Crippen LogP contribution in [0.5, 0.6) is 0 Å². The number of carbonyl (C=O) groups excluding carboxylic acids is 1. The van der Waals surface area contributed by atoms with Crippen LogP contribution >= 0.6 is 33.3 Å². The molecule has 0 saturated carbocycles. The predicted molar refractivity (Wildman–Crippen MR) is 102 cm³/mol. The van der Waals surface area contributed by atoms with Crippen molar-refractivity contribution < 1.29 is 4.79 Å². The van der Waals surface area contributed by atoms with E-state index in [4.69, 9.17) is 0 Å². The van der Waals surface area contributed by atoms with Gasteiger partial charge in [-0.1, -0.05) is 45.7 Å². The Bertz CT molecular complexity index is 444. The minimum Gasteiger partial charge on any atom is -0.355 e. The number of thioether (sulfide) groups is 1. The first-order valence-electron chi connectivity index (χ1n) is 7.98. The fraction of sp³-hybridized carbons (Fsp3) is 0.588. The third kappa shape index (κ3) is 7.34. The van der Waals surface area contributed by atoms with Gasteiger partial charge in [0.05, 0.1) is 0 Å². The first-order chi connectivity index (χ1) is 10.7. The second-order valence-corrected chi connectivity index (χ2v) is 9.54. The summed E-state index contributed by atoms with van der Waals surface area (Å²) in [6.45, 7) is 2.85. The third-order valence-electron chi connectivity index (χ3n) is 3.62. The molecular weight excluding hydrogens is 330 g/mol. The minimum absolute atomic E-state index is 0.206. The van der Waals surface area contributed by atoms with E-state index in [0.29, 0.717) is 6.42 Å². The molecule has 5 heteroatoms. The lowest BCUT2D eigenvalue weighted by Gasteiger charge is -2.07. The maximum atomic E-state index is 11.8. The van der Waals surface area contributed by atoms with Gasteiger partial charge in [-0.05, 0) is 38.3 Å². The van der Waals surface area contributed by atoms with Crippen LogP contribution in [0, 0.1) is 6.92 Å². The fourth-order valence-electron chi connectivity index (χ4n) is 2.30. The maximum Gasteiger partial charge on any atom is 0.220 e. The van der Waals surface area contributed by atoms with E-state index in [1.807, 2.05) is 21.6 Å². The van der Waals surface area contributed by atoms with Gasteiger partial charge in [0.15, 0.2) is 0 Å². The summed E-state index contributed by atoms with van der Waals surface area (Å²) in [5.41, 5.74) is 1.28. The van der Waals surface area contributed by atoms with E-state index >= 15 is 0 Å². The Labute approximate surface area is 146 Å². The van der Waals surface area contributed by atoms with Crippen LogP contribution in [-0.4, -0.2) is 29.2 Å². The summed E-state index contributed by atoms with van der Waals surface area (Å²) >= 11 is 1.80. The van der Waals surface area contributed by atoms with Gasteiger partial charge in [0.25, 0.3) is 0 Å². The minimum atomic E-state index is 0.206. The standard InChI is InChI=1S/C17H25NOS3/c1-14-6-8-15(9-7-14)20-13-11-18-17(19)5-3-2-4-16-10-12-21-22-16/h6-9,16H,2-5,10-13H2,1H3,(H,18,19). The van der Waals surface area contributed by atoms with Gasteiger partial charge >= 0.3 is 0 Å². The molecule has 1 aromatic carbocycles. The van der Waals surface area contributed by atoms with Gasteiger partial charge in [0, 0.05) is 34.6 Å². The van der Waals surface area contributed by atoms with E-state index < -0.39 is 0 Å². The third-order valence-corrected chi connectivity index (χ3v) is 7.64. The molecule has 1 heterocycles. The summed E-state index contributed by atoms with van der Waals surface area (Å²) in [6, 6.07) is 8.53. The van der Waals surface area contributed by atoms with Crippen LogP contribution in [0.4, 0.5) is 0 Å². The Hall–Kier alpha value is -0.260. The maximum absolute atomic E-state index is 11.8. The summed E-state index contributed by atoms with van der Waals surface area (Å²) in [6.07, 6.45) is 5.51. The highest BCUT2D eigenvalue weighted by Crippen LogP contribution is 2.39. The molecule has 1 amide bonds. The number of unbranched alkanes of at least 4 members (excludes halogenated alkanes) is 1. The lowest BCUT2D eigenvalue weighted by molar-refractivity contribution is -0.121. The molecule has 0 bridgehead atoms. The van der Waals surface area contributed by atoms with Crippen molar-refractivity contribution in [3.63, 3.8) is 0 Å². The van der Waals surface area contributed by atoms with Gasteiger partial charge in [-0.25, -0.2) is 0 Å². The van der Waals surface area contributed by atoms with E-state index in [0.717, 1.165) is 24.0 Å². The van der Waals surface area contributed by atoms with Crippen LogP contribution in [0.15, 0.2) is 29.2 Å². The van der Waals surface area contributed by atoms with Crippen LogP contribution < -0.4 is 5.32 Å². The topological polar surface area (TPSA) is 29.1 Å². The molecule has 2 rings (SSSR count). The molecule has 1 unspecified atom stereocenters. The molecule has 1 aliphatic rings. The van der Waals surface area contributed by atoms with E-state index in [9.17, 15) is 4.79 Å². The van der Waals surface area contributed by atoms with Crippen LogP contribution in [0.25, 0.3) is 0 Å².